The van der Waals surface area contributed by atoms with Gasteiger partial charge in [0.15, 0.2) is 0 Å². The quantitative estimate of drug-likeness (QED) is 0.739. The minimum Gasteiger partial charge on any atom is -0.463 e. The number of carbonyl (C=O) groups is 2. The van der Waals surface area contributed by atoms with Crippen molar-refractivity contribution in [3.63, 3.8) is 0 Å². The minimum atomic E-state index is -0.0969. The summed E-state index contributed by atoms with van der Waals surface area (Å²) >= 11 is 0. The number of amides is 2. The van der Waals surface area contributed by atoms with Gasteiger partial charge in [-0.2, -0.15) is 0 Å². The van der Waals surface area contributed by atoms with Gasteiger partial charge in [-0.1, -0.05) is 12.1 Å². The highest BCUT2D eigenvalue weighted by Gasteiger charge is 2.30. The van der Waals surface area contributed by atoms with Crippen molar-refractivity contribution in [3.8, 4) is 0 Å². The molecule has 0 bridgehead atoms. The Morgan fingerprint density at radius 1 is 1.07 bits per heavy atom. The normalized spacial score (nSPS) is 22.5. The fraction of sp³-hybridized carbons (Fsp3) is 0.636. The topological polar surface area (TPSA) is 87.9 Å². The molecule has 1 heterocycles. The lowest BCUT2D eigenvalue weighted by Crippen LogP contribution is -2.54. The van der Waals surface area contributed by atoms with Crippen LogP contribution in [0.2, 0.25) is 0 Å². The number of esters is 1. The van der Waals surface area contributed by atoms with Gasteiger partial charge in [0.1, 0.15) is 0 Å². The molecule has 1 aliphatic heterocycles. The molecular formula is C22H34N4O3. The Balaban J connectivity index is 1.40. The molecule has 29 heavy (non-hydrogen) atoms. The minimum absolute atomic E-state index is 0.0105. The molecule has 2 aliphatic rings. The molecule has 160 valence electrons. The lowest BCUT2D eigenvalue weighted by atomic mass is 9.86. The average molecular weight is 403 g/mol. The molecule has 3 N–H and O–H groups in total. The molecule has 2 amide bonds. The first-order valence-electron chi connectivity index (χ1n) is 10.8. The second kappa shape index (κ2) is 9.96. The van der Waals surface area contributed by atoms with E-state index >= 15 is 0 Å². The Labute approximate surface area is 173 Å². The summed E-state index contributed by atoms with van der Waals surface area (Å²) in [6.45, 7) is 7.36. The van der Waals surface area contributed by atoms with E-state index in [1.54, 1.807) is 0 Å². The summed E-state index contributed by atoms with van der Waals surface area (Å²) in [5, 5.41) is 3.16. The molecular weight excluding hydrogens is 368 g/mol. The van der Waals surface area contributed by atoms with Gasteiger partial charge in [-0.25, -0.2) is 4.79 Å². The van der Waals surface area contributed by atoms with Crippen LogP contribution in [0.15, 0.2) is 24.3 Å². The monoisotopic (exact) mass is 402 g/mol. The maximum absolute atomic E-state index is 12.6. The zero-order valence-corrected chi connectivity index (χ0v) is 17.6. The Kier molecular flexibility index (Phi) is 7.36. The number of nitrogens with one attached hydrogen (secondary N) is 1. The molecule has 7 nitrogen and oxygen atoms in total. The Morgan fingerprint density at radius 3 is 2.24 bits per heavy atom. The summed E-state index contributed by atoms with van der Waals surface area (Å²) in [5.74, 6) is -0.125. The van der Waals surface area contributed by atoms with Crippen LogP contribution in [0.3, 0.4) is 0 Å². The highest BCUT2D eigenvalue weighted by Crippen LogP contribution is 2.26. The van der Waals surface area contributed by atoms with E-state index in [1.807, 2.05) is 18.7 Å². The number of hydrogen-bond donors (Lipinski definition) is 2. The third-order valence-corrected chi connectivity index (χ3v) is 5.84. The Hall–Kier alpha value is -2.28. The number of rotatable bonds is 5. The summed E-state index contributed by atoms with van der Waals surface area (Å²) in [6.07, 6.45) is 3.15. The van der Waals surface area contributed by atoms with Crippen LogP contribution in [0.25, 0.3) is 0 Å². The van der Waals surface area contributed by atoms with Crippen LogP contribution in [0.1, 0.15) is 45.1 Å². The van der Waals surface area contributed by atoms with E-state index in [4.69, 9.17) is 10.5 Å². The number of hydrogen-bond acceptors (Lipinski definition) is 5. The van der Waals surface area contributed by atoms with Crippen molar-refractivity contribution in [3.05, 3.63) is 29.8 Å². The third kappa shape index (κ3) is 5.85. The van der Waals surface area contributed by atoms with Crippen molar-refractivity contribution in [2.24, 2.45) is 11.7 Å². The zero-order valence-electron chi connectivity index (χ0n) is 17.6. The van der Waals surface area contributed by atoms with Gasteiger partial charge in [0.05, 0.1) is 12.0 Å². The molecule has 0 unspecified atom stereocenters. The summed E-state index contributed by atoms with van der Waals surface area (Å²) in [4.78, 5) is 28.9. The van der Waals surface area contributed by atoms with Crippen LogP contribution in [0.4, 0.5) is 10.5 Å². The second-order valence-corrected chi connectivity index (χ2v) is 8.33. The lowest BCUT2D eigenvalue weighted by molar-refractivity contribution is -0.153. The number of urea groups is 1. The van der Waals surface area contributed by atoms with E-state index < -0.39 is 0 Å². The first-order valence-corrected chi connectivity index (χ1v) is 10.8. The van der Waals surface area contributed by atoms with Gasteiger partial charge in [0.25, 0.3) is 0 Å². The molecule has 7 heteroatoms. The van der Waals surface area contributed by atoms with Crippen molar-refractivity contribution < 1.29 is 14.3 Å². The predicted molar refractivity (Wildman–Crippen MR) is 114 cm³/mol. The Morgan fingerprint density at radius 2 is 1.69 bits per heavy atom. The average Bonchev–Trinajstić information content (AvgIpc) is 2.74. The van der Waals surface area contributed by atoms with Crippen molar-refractivity contribution >= 4 is 17.7 Å². The van der Waals surface area contributed by atoms with Gasteiger partial charge in [-0.05, 0) is 57.2 Å². The van der Waals surface area contributed by atoms with Gasteiger partial charge in [0, 0.05) is 44.5 Å². The van der Waals surface area contributed by atoms with Crippen LogP contribution in [0.5, 0.6) is 0 Å². The van der Waals surface area contributed by atoms with Crippen LogP contribution >= 0.6 is 0 Å². The third-order valence-electron chi connectivity index (χ3n) is 5.84. The molecule has 1 aliphatic carbocycles. The number of nitrogens with zero attached hydrogens (tertiary/aromatic N) is 2. The molecule has 0 spiro atoms. The molecule has 2 fully saturated rings. The predicted octanol–water partition coefficient (Wildman–Crippen LogP) is 2.49. The molecule has 0 aromatic heterocycles. The largest absolute Gasteiger partial charge is 0.463 e. The maximum atomic E-state index is 12.6. The fourth-order valence-corrected chi connectivity index (χ4v) is 4.08. The molecule has 1 aromatic carbocycles. The van der Waals surface area contributed by atoms with Gasteiger partial charge in [-0.15, -0.1) is 0 Å². The molecule has 0 atom stereocenters. The van der Waals surface area contributed by atoms with Crippen LogP contribution in [-0.4, -0.2) is 55.2 Å². The van der Waals surface area contributed by atoms with Crippen molar-refractivity contribution in [1.82, 2.24) is 10.2 Å². The number of piperazine rings is 1. The number of anilines is 1. The lowest BCUT2D eigenvalue weighted by Gasteiger charge is -2.37. The van der Waals surface area contributed by atoms with E-state index in [1.165, 1.54) is 5.69 Å². The van der Waals surface area contributed by atoms with Crippen LogP contribution < -0.4 is 16.0 Å². The zero-order chi connectivity index (χ0) is 20.8. The van der Waals surface area contributed by atoms with Gasteiger partial charge in [-0.3, -0.25) is 4.79 Å². The second-order valence-electron chi connectivity index (χ2n) is 8.33. The number of ether oxygens (including phenoxy) is 1. The maximum Gasteiger partial charge on any atom is 0.317 e. The smallest absolute Gasteiger partial charge is 0.317 e. The number of benzene rings is 1. The Bertz CT molecular complexity index is 676. The van der Waals surface area contributed by atoms with Gasteiger partial charge >= 0.3 is 12.0 Å². The van der Waals surface area contributed by atoms with E-state index in [0.29, 0.717) is 19.6 Å². The van der Waals surface area contributed by atoms with Gasteiger partial charge < -0.3 is 25.6 Å². The van der Waals surface area contributed by atoms with Crippen LogP contribution in [0, 0.1) is 5.92 Å². The highest BCUT2D eigenvalue weighted by molar-refractivity contribution is 5.75. The number of nitrogens with two attached hydrogens (primary N) is 1. The van der Waals surface area contributed by atoms with E-state index in [9.17, 15) is 9.59 Å². The van der Waals surface area contributed by atoms with Crippen molar-refractivity contribution in [1.29, 1.82) is 0 Å². The first kappa shape index (κ1) is 21.4. The van der Waals surface area contributed by atoms with Gasteiger partial charge in [0.2, 0.25) is 0 Å². The summed E-state index contributed by atoms with van der Waals surface area (Å²) in [7, 11) is 0. The first-order chi connectivity index (χ1) is 14.0. The molecule has 0 radical (unpaired) electrons. The summed E-state index contributed by atoms with van der Waals surface area (Å²) in [5.41, 5.74) is 7.96. The molecule has 1 aromatic rings. The molecule has 1 saturated carbocycles. The highest BCUT2D eigenvalue weighted by atomic mass is 16.5. The van der Waals surface area contributed by atoms with Crippen molar-refractivity contribution in [2.45, 2.75) is 58.2 Å². The van der Waals surface area contributed by atoms with E-state index in [-0.39, 0.29) is 30.1 Å². The standard InChI is InChI=1S/C22H34N4O3/c1-16(2)29-21(27)18-5-7-19(8-6-18)24-22(28)26-13-11-25(12-14-26)20-9-3-17(15-23)4-10-20/h3-4,9-10,16,18-19H,5-8,11-15,23H2,1-2H3,(H,24,28). The molecule has 3 rings (SSSR count). The fourth-order valence-electron chi connectivity index (χ4n) is 4.08. The number of carbonyl (C=O) groups excluding carboxylic acids is 2. The van der Waals surface area contributed by atoms with Crippen molar-refractivity contribution in [2.75, 3.05) is 31.1 Å². The summed E-state index contributed by atoms with van der Waals surface area (Å²) in [6, 6.07) is 8.47. The van der Waals surface area contributed by atoms with E-state index in [0.717, 1.165) is 44.3 Å². The summed E-state index contributed by atoms with van der Waals surface area (Å²) < 4.78 is 5.32. The molecule has 1 saturated heterocycles. The van der Waals surface area contributed by atoms with Crippen LogP contribution in [-0.2, 0) is 16.1 Å². The van der Waals surface area contributed by atoms with E-state index in [2.05, 4.69) is 34.5 Å². The SMILES string of the molecule is CC(C)OC(=O)C1CCC(NC(=O)N2CCN(c3ccc(CN)cc3)CC2)CC1.